The van der Waals surface area contributed by atoms with Gasteiger partial charge in [-0.1, -0.05) is 13.0 Å². The van der Waals surface area contributed by atoms with Gasteiger partial charge in [0.25, 0.3) is 0 Å². The first kappa shape index (κ1) is 12.5. The minimum Gasteiger partial charge on any atom is -0.383 e. The highest BCUT2D eigenvalue weighted by Gasteiger charge is 2.06. The molecule has 0 fully saturated rings. The number of hydrogen-bond acceptors (Lipinski definition) is 3. The van der Waals surface area contributed by atoms with Crippen LogP contribution in [0.2, 0.25) is 0 Å². The van der Waals surface area contributed by atoms with Crippen LogP contribution in [0.1, 0.15) is 18.9 Å². The fourth-order valence-corrected chi connectivity index (χ4v) is 2.12. The van der Waals surface area contributed by atoms with Gasteiger partial charge in [0.05, 0.1) is 11.3 Å². The lowest BCUT2D eigenvalue weighted by atomic mass is 10.2. The molecule has 82 valence electrons. The van der Waals surface area contributed by atoms with Gasteiger partial charge in [-0.3, -0.25) is 0 Å². The van der Waals surface area contributed by atoms with Gasteiger partial charge in [-0.2, -0.15) is 5.26 Å². The number of hydrogen-bond donors (Lipinski definition) is 1. The molecule has 0 aliphatic heterocycles. The molecule has 0 saturated heterocycles. The molecule has 0 amide bonds. The maximum absolute atomic E-state index is 9.14. The lowest BCUT2D eigenvalue weighted by Crippen LogP contribution is -2.02. The van der Waals surface area contributed by atoms with Crippen LogP contribution in [0.25, 0.3) is 0 Å². The Hall–Kier alpha value is -1.58. The van der Waals surface area contributed by atoms with E-state index < -0.39 is 0 Å². The maximum Gasteiger partial charge on any atom is 0.102 e. The molecule has 1 rings (SSSR count). The van der Waals surface area contributed by atoms with E-state index >= 15 is 0 Å². The number of benzene rings is 1. The van der Waals surface area contributed by atoms with Crippen LogP contribution in [-0.2, 0) is 0 Å². The van der Waals surface area contributed by atoms with Crippen LogP contribution in [0, 0.1) is 23.7 Å². The Morgan fingerprint density at radius 1 is 1.50 bits per heavy atom. The molecule has 0 unspecified atom stereocenters. The molecular formula is C13H14N2S. The van der Waals surface area contributed by atoms with E-state index in [9.17, 15) is 0 Å². The highest BCUT2D eigenvalue weighted by Crippen LogP contribution is 2.27. The van der Waals surface area contributed by atoms with Crippen molar-refractivity contribution in [2.45, 2.75) is 18.2 Å². The highest BCUT2D eigenvalue weighted by atomic mass is 32.2. The fraction of sp³-hybridized carbons (Fsp3) is 0.308. The van der Waals surface area contributed by atoms with Crippen molar-refractivity contribution in [2.24, 2.45) is 0 Å². The van der Waals surface area contributed by atoms with Crippen LogP contribution in [-0.4, -0.2) is 12.3 Å². The normalized spacial score (nSPS) is 9.19. The summed E-state index contributed by atoms with van der Waals surface area (Å²) in [7, 11) is 0. The quantitative estimate of drug-likeness (QED) is 0.479. The molecule has 1 aromatic rings. The predicted octanol–water partition coefficient (Wildman–Crippen LogP) is 3.11. The zero-order valence-electron chi connectivity index (χ0n) is 9.29. The Morgan fingerprint density at radius 3 is 2.94 bits per heavy atom. The third-order valence-electron chi connectivity index (χ3n) is 2.02. The first-order valence-electron chi connectivity index (χ1n) is 5.16. The van der Waals surface area contributed by atoms with Gasteiger partial charge < -0.3 is 5.32 Å². The average Bonchev–Trinajstić information content (AvgIpc) is 2.30. The second-order valence-electron chi connectivity index (χ2n) is 3.10. The minimum atomic E-state index is 0.663. The van der Waals surface area contributed by atoms with Crippen molar-refractivity contribution in [3.05, 3.63) is 23.8 Å². The Kier molecular flexibility index (Phi) is 5.32. The van der Waals surface area contributed by atoms with Crippen LogP contribution in [0.3, 0.4) is 0 Å². The monoisotopic (exact) mass is 230 g/mol. The van der Waals surface area contributed by atoms with Gasteiger partial charge in [0.2, 0.25) is 0 Å². The first-order chi connectivity index (χ1) is 7.83. The van der Waals surface area contributed by atoms with Crippen LogP contribution in [0.15, 0.2) is 23.1 Å². The summed E-state index contributed by atoms with van der Waals surface area (Å²) < 4.78 is 0. The van der Waals surface area contributed by atoms with Gasteiger partial charge in [0.1, 0.15) is 6.07 Å². The van der Waals surface area contributed by atoms with Crippen molar-refractivity contribution < 1.29 is 0 Å². The van der Waals surface area contributed by atoms with Crippen molar-refractivity contribution in [1.82, 2.24) is 0 Å². The number of thioether (sulfide) groups is 1. The third-order valence-corrected chi connectivity index (χ3v) is 2.96. The molecule has 0 aromatic heterocycles. The van der Waals surface area contributed by atoms with Crippen LogP contribution >= 0.6 is 11.8 Å². The number of nitriles is 1. The summed E-state index contributed by atoms with van der Waals surface area (Å²) >= 11 is 1.68. The van der Waals surface area contributed by atoms with E-state index in [1.807, 2.05) is 18.2 Å². The molecule has 3 heteroatoms. The van der Waals surface area contributed by atoms with E-state index in [1.165, 1.54) is 0 Å². The lowest BCUT2D eigenvalue weighted by molar-refractivity contribution is 1.09. The molecule has 0 radical (unpaired) electrons. The van der Waals surface area contributed by atoms with Crippen LogP contribution in [0.4, 0.5) is 5.69 Å². The van der Waals surface area contributed by atoms with E-state index in [1.54, 1.807) is 11.8 Å². The lowest BCUT2D eigenvalue weighted by Gasteiger charge is -2.09. The summed E-state index contributed by atoms with van der Waals surface area (Å²) in [5.41, 5.74) is 1.59. The molecule has 2 nitrogen and oxygen atoms in total. The first-order valence-corrected chi connectivity index (χ1v) is 6.15. The molecule has 1 aromatic carbocycles. The maximum atomic E-state index is 9.14. The minimum absolute atomic E-state index is 0.663. The van der Waals surface area contributed by atoms with E-state index in [4.69, 9.17) is 11.7 Å². The molecule has 0 spiro atoms. The number of terminal acetylenes is 1. The molecule has 0 bridgehead atoms. The molecule has 0 atom stereocenters. The molecule has 0 saturated carbocycles. The number of anilines is 1. The topological polar surface area (TPSA) is 35.8 Å². The molecule has 0 heterocycles. The Morgan fingerprint density at radius 2 is 2.31 bits per heavy atom. The summed E-state index contributed by atoms with van der Waals surface area (Å²) in [6, 6.07) is 8.08. The van der Waals surface area contributed by atoms with Gasteiger partial charge in [-0.15, -0.1) is 24.1 Å². The van der Waals surface area contributed by atoms with Crippen molar-refractivity contribution in [1.29, 1.82) is 5.26 Å². The molecular weight excluding hydrogens is 216 g/mol. The summed E-state index contributed by atoms with van der Waals surface area (Å²) in [5.74, 6) is 3.53. The number of rotatable bonds is 5. The highest BCUT2D eigenvalue weighted by molar-refractivity contribution is 7.99. The standard InChI is InChI=1S/C13H14N2S/c1-3-5-9-15-12-7-6-8-13(16-4-2)11(12)10-14/h1,6-8,15H,4-5,9H2,2H3. The van der Waals surface area contributed by atoms with Gasteiger partial charge in [0.15, 0.2) is 0 Å². The van der Waals surface area contributed by atoms with E-state index in [0.717, 1.165) is 16.3 Å². The third kappa shape index (κ3) is 3.22. The average molecular weight is 230 g/mol. The van der Waals surface area contributed by atoms with E-state index in [-0.39, 0.29) is 0 Å². The zero-order valence-corrected chi connectivity index (χ0v) is 10.1. The molecule has 1 N–H and O–H groups in total. The van der Waals surface area contributed by atoms with E-state index in [2.05, 4.69) is 24.2 Å². The zero-order chi connectivity index (χ0) is 11.8. The Bertz CT molecular complexity index is 427. The van der Waals surface area contributed by atoms with Crippen molar-refractivity contribution >= 4 is 17.4 Å². The molecule has 16 heavy (non-hydrogen) atoms. The summed E-state index contributed by atoms with van der Waals surface area (Å²) in [4.78, 5) is 1.02. The second kappa shape index (κ2) is 6.82. The van der Waals surface area contributed by atoms with Gasteiger partial charge in [-0.25, -0.2) is 0 Å². The number of nitrogens with zero attached hydrogens (tertiary/aromatic N) is 1. The Labute approximate surface area is 101 Å². The Balaban J connectivity index is 2.88. The smallest absolute Gasteiger partial charge is 0.102 e. The van der Waals surface area contributed by atoms with Crippen LogP contribution < -0.4 is 5.32 Å². The SMILES string of the molecule is C#CCCNc1cccc(SCC)c1C#N. The van der Waals surface area contributed by atoms with Crippen molar-refractivity contribution in [2.75, 3.05) is 17.6 Å². The summed E-state index contributed by atoms with van der Waals surface area (Å²) in [5, 5.41) is 12.3. The predicted molar refractivity (Wildman–Crippen MR) is 69.5 cm³/mol. The van der Waals surface area contributed by atoms with E-state index in [0.29, 0.717) is 18.5 Å². The summed E-state index contributed by atoms with van der Waals surface area (Å²) in [6.07, 6.45) is 5.84. The van der Waals surface area contributed by atoms with Crippen molar-refractivity contribution in [3.63, 3.8) is 0 Å². The van der Waals surface area contributed by atoms with Gasteiger partial charge >= 0.3 is 0 Å². The number of nitrogens with one attached hydrogen (secondary N) is 1. The molecule has 0 aliphatic rings. The van der Waals surface area contributed by atoms with Gasteiger partial charge in [0, 0.05) is 17.9 Å². The van der Waals surface area contributed by atoms with Crippen LogP contribution in [0.5, 0.6) is 0 Å². The van der Waals surface area contributed by atoms with Gasteiger partial charge in [-0.05, 0) is 17.9 Å². The molecule has 0 aliphatic carbocycles. The fourth-order valence-electron chi connectivity index (χ4n) is 1.34. The second-order valence-corrected chi connectivity index (χ2v) is 4.41. The summed E-state index contributed by atoms with van der Waals surface area (Å²) in [6.45, 7) is 2.77. The largest absolute Gasteiger partial charge is 0.383 e. The van der Waals surface area contributed by atoms with Crippen molar-refractivity contribution in [3.8, 4) is 18.4 Å².